The van der Waals surface area contributed by atoms with Crippen molar-refractivity contribution in [2.24, 2.45) is 0 Å². The maximum atomic E-state index is 6.06. The predicted octanol–water partition coefficient (Wildman–Crippen LogP) is 9.09. The van der Waals surface area contributed by atoms with E-state index in [0.29, 0.717) is 5.15 Å². The van der Waals surface area contributed by atoms with Crippen molar-refractivity contribution in [3.8, 4) is 0 Å². The van der Waals surface area contributed by atoms with Gasteiger partial charge in [0.05, 0.1) is 33.6 Å². The Bertz CT molecular complexity index is 1760. The quantitative estimate of drug-likeness (QED) is 0.147. The van der Waals surface area contributed by atoms with E-state index in [1.165, 1.54) is 0 Å². The molecule has 2 aromatic heterocycles. The zero-order chi connectivity index (χ0) is 37.1. The Morgan fingerprint density at radius 3 is 1.42 bits per heavy atom. The van der Waals surface area contributed by atoms with Gasteiger partial charge in [-0.2, -0.15) is 0 Å². The highest BCUT2D eigenvalue weighted by Gasteiger charge is 2.63. The van der Waals surface area contributed by atoms with Crippen LogP contribution in [-0.2, 0) is 27.9 Å². The zero-order valence-electron chi connectivity index (χ0n) is 31.0. The lowest BCUT2D eigenvalue weighted by atomic mass is 9.49. The average Bonchev–Trinajstić information content (AvgIpc) is 3.46. The fraction of sp³-hybridized carbons (Fsp3) is 0.500. The summed E-state index contributed by atoms with van der Waals surface area (Å²) < 4.78 is 36.8. The van der Waals surface area contributed by atoms with Gasteiger partial charge in [-0.1, -0.05) is 47.5 Å². The summed E-state index contributed by atoms with van der Waals surface area (Å²) in [6.45, 7) is 24.4. The second-order valence-corrected chi connectivity index (χ2v) is 17.6. The predicted molar refractivity (Wildman–Crippen MR) is 209 cm³/mol. The Balaban J connectivity index is 0.000000150. The lowest BCUT2D eigenvalue weighted by Crippen LogP contribution is -2.41. The van der Waals surface area contributed by atoms with E-state index in [-0.39, 0.29) is 40.7 Å². The van der Waals surface area contributed by atoms with Crippen molar-refractivity contribution >= 4 is 87.3 Å². The number of fused-ring (bicyclic) bond motifs is 2. The number of halogens is 3. The van der Waals surface area contributed by atoms with E-state index in [0.717, 1.165) is 36.6 Å². The summed E-state index contributed by atoms with van der Waals surface area (Å²) in [5, 5.41) is 5.53. The van der Waals surface area contributed by atoms with E-state index >= 15 is 0 Å². The summed E-state index contributed by atoms with van der Waals surface area (Å²) >= 11 is 15.1. The summed E-state index contributed by atoms with van der Waals surface area (Å²) in [7, 11) is -1.30. The largest absolute Gasteiger partial charge is 0.494 e. The van der Waals surface area contributed by atoms with Crippen LogP contribution in [-0.4, -0.2) is 64.7 Å². The lowest BCUT2D eigenvalue weighted by molar-refractivity contribution is 0.00578. The normalized spacial score (nSPS) is 22.3. The topological polar surface area (TPSA) is 81.2 Å². The van der Waals surface area contributed by atoms with E-state index < -0.39 is 14.0 Å². The average molecular weight is 786 g/mol. The van der Waals surface area contributed by atoms with Gasteiger partial charge >= 0.3 is 21.1 Å². The molecule has 0 radical (unpaired) electrons. The number of pyridine rings is 2. The maximum absolute atomic E-state index is 6.06. The summed E-state index contributed by atoms with van der Waals surface area (Å²) in [6, 6.07) is 15.6. The first-order chi connectivity index (χ1) is 22.9. The van der Waals surface area contributed by atoms with Gasteiger partial charge in [0.1, 0.15) is 9.76 Å². The van der Waals surface area contributed by atoms with E-state index in [2.05, 4.69) is 53.6 Å². The second kappa shape index (κ2) is 13.9. The number of hydrogen-bond donors (Lipinski definition) is 0. The van der Waals surface area contributed by atoms with Crippen molar-refractivity contribution in [1.29, 1.82) is 0 Å². The van der Waals surface area contributed by atoms with Crippen LogP contribution in [0.4, 0.5) is 0 Å². The number of benzene rings is 2. The highest BCUT2D eigenvalue weighted by Crippen LogP contribution is 2.43. The van der Waals surface area contributed by atoms with E-state index in [9.17, 15) is 0 Å². The molecule has 3 saturated heterocycles. The molecular weight excluding hydrogens is 740 g/mol. The van der Waals surface area contributed by atoms with E-state index in [1.54, 1.807) is 6.20 Å². The molecule has 0 aliphatic carbocycles. The SMILES string of the molecule is CC1(C)OB(B2OC(C)(C)C(C)(C)O2)OC1(C)C.CC1(C)OB(c2ccc3cnc(Cl)cc3c2)OC1(C)C.Clc1ccc2cnc(Br)cc2c1. The monoisotopic (exact) mass is 784 g/mol. The Morgan fingerprint density at radius 1 is 0.500 bits per heavy atom. The van der Waals surface area contributed by atoms with Crippen LogP contribution >= 0.6 is 39.1 Å². The van der Waals surface area contributed by atoms with Crippen LogP contribution in [0.3, 0.4) is 0 Å². The van der Waals surface area contributed by atoms with Gasteiger partial charge in [-0.15, -0.1) is 0 Å². The van der Waals surface area contributed by atoms with Crippen LogP contribution in [0.5, 0.6) is 0 Å². The van der Waals surface area contributed by atoms with Crippen molar-refractivity contribution in [3.05, 3.63) is 75.7 Å². The zero-order valence-corrected chi connectivity index (χ0v) is 34.1. The third-order valence-corrected chi connectivity index (χ3v) is 11.5. The Hall–Kier alpha value is -1.73. The molecule has 0 amide bonds. The molecule has 0 bridgehead atoms. The molecule has 5 heterocycles. The number of hydrogen-bond acceptors (Lipinski definition) is 8. The molecule has 0 spiro atoms. The molecule has 4 aromatic rings. The summed E-state index contributed by atoms with van der Waals surface area (Å²) in [4.78, 5) is 8.19. The molecule has 0 atom stereocenters. The number of rotatable bonds is 2. The molecule has 0 saturated carbocycles. The van der Waals surface area contributed by atoms with Gasteiger partial charge in [-0.25, -0.2) is 9.97 Å². The molecule has 266 valence electrons. The molecule has 50 heavy (non-hydrogen) atoms. The fourth-order valence-electron chi connectivity index (χ4n) is 5.34. The molecule has 3 aliphatic rings. The summed E-state index contributed by atoms with van der Waals surface area (Å²) in [5.74, 6) is 0. The maximum Gasteiger partial charge on any atom is 0.494 e. The van der Waals surface area contributed by atoms with Gasteiger partial charge in [0.25, 0.3) is 0 Å². The Morgan fingerprint density at radius 2 is 0.920 bits per heavy atom. The first-order valence-corrected chi connectivity index (χ1v) is 18.3. The molecular formula is C36H46B3BrCl2N2O6. The van der Waals surface area contributed by atoms with Gasteiger partial charge < -0.3 is 27.9 Å². The van der Waals surface area contributed by atoms with Gasteiger partial charge in [-0.05, 0) is 140 Å². The molecule has 0 N–H and O–H groups in total. The first kappa shape index (κ1) is 39.5. The van der Waals surface area contributed by atoms with Crippen molar-refractivity contribution in [2.45, 2.75) is 117 Å². The molecule has 14 heteroatoms. The molecule has 3 fully saturated rings. The summed E-state index contributed by atoms with van der Waals surface area (Å²) in [6.07, 6.45) is 3.58. The van der Waals surface area contributed by atoms with Gasteiger partial charge in [0.15, 0.2) is 0 Å². The third kappa shape index (κ3) is 8.24. The minimum atomic E-state index is -0.476. The highest BCUT2D eigenvalue weighted by molar-refractivity contribution is 9.10. The third-order valence-electron chi connectivity index (χ3n) is 10.7. The molecule has 8 nitrogen and oxygen atoms in total. The van der Waals surface area contributed by atoms with E-state index in [4.69, 9.17) is 51.1 Å². The summed E-state index contributed by atoms with van der Waals surface area (Å²) in [5.41, 5.74) is -1.10. The van der Waals surface area contributed by atoms with E-state index in [1.807, 2.05) is 110 Å². The fourth-order valence-corrected chi connectivity index (χ4v) is 6.04. The number of aromatic nitrogens is 2. The van der Waals surface area contributed by atoms with Crippen LogP contribution in [0.25, 0.3) is 21.5 Å². The first-order valence-electron chi connectivity index (χ1n) is 16.7. The lowest BCUT2D eigenvalue weighted by Gasteiger charge is -2.32. The minimum Gasteiger partial charge on any atom is -0.405 e. The highest BCUT2D eigenvalue weighted by atomic mass is 79.9. The van der Waals surface area contributed by atoms with Crippen LogP contribution < -0.4 is 5.46 Å². The Kier molecular flexibility index (Phi) is 11.0. The molecule has 2 aromatic carbocycles. The van der Waals surface area contributed by atoms with Crippen LogP contribution in [0, 0.1) is 0 Å². The van der Waals surface area contributed by atoms with Crippen LogP contribution in [0.2, 0.25) is 10.2 Å². The van der Waals surface area contributed by atoms with Crippen LogP contribution in [0.1, 0.15) is 83.1 Å². The van der Waals surface area contributed by atoms with Crippen molar-refractivity contribution in [1.82, 2.24) is 9.97 Å². The minimum absolute atomic E-state index is 0.331. The van der Waals surface area contributed by atoms with Crippen LogP contribution in [0.15, 0.2) is 65.5 Å². The Labute approximate surface area is 316 Å². The van der Waals surface area contributed by atoms with Gasteiger partial charge in [0.2, 0.25) is 0 Å². The molecule has 3 aliphatic heterocycles. The molecule has 7 rings (SSSR count). The standard InChI is InChI=1S/C15H17BClNO2.C12H24B2O4.C9H5BrClN/c1-14(2)15(3,4)20-16(19-14)12-6-5-10-9-18-13(17)8-11(10)7-12;1-9(2)10(3,4)16-13(15-9)14-17-11(5,6)12(7,8)18-14;10-9-4-7-3-8(11)2-1-6(7)5-12-9/h5-9H,1-4H3;1-8H3;1-5H. The second-order valence-electron chi connectivity index (χ2n) is 15.9. The number of nitrogens with zero attached hydrogens (tertiary/aromatic N) is 2. The molecule has 0 unspecified atom stereocenters. The smallest absolute Gasteiger partial charge is 0.405 e. The van der Waals surface area contributed by atoms with Gasteiger partial charge in [-0.3, -0.25) is 0 Å². The van der Waals surface area contributed by atoms with Crippen molar-refractivity contribution in [2.75, 3.05) is 0 Å². The van der Waals surface area contributed by atoms with Gasteiger partial charge in [0, 0.05) is 28.2 Å². The van der Waals surface area contributed by atoms with Crippen molar-refractivity contribution < 1.29 is 27.9 Å². The van der Waals surface area contributed by atoms with Crippen molar-refractivity contribution in [3.63, 3.8) is 0 Å².